The zero-order valence-electron chi connectivity index (χ0n) is 25.0. The summed E-state index contributed by atoms with van der Waals surface area (Å²) in [6.45, 7) is 2.64. The molecule has 5 rings (SSSR count). The predicted octanol–water partition coefficient (Wildman–Crippen LogP) is 0.556. The Bertz CT molecular complexity index is 1660. The number of benzene rings is 3. The minimum Gasteiger partial charge on any atom is -1.00 e. The summed E-state index contributed by atoms with van der Waals surface area (Å²) in [5.41, 5.74) is 4.44. The minimum atomic E-state index is 0. The van der Waals surface area contributed by atoms with E-state index in [0.29, 0.717) is 24.4 Å². The van der Waals surface area contributed by atoms with Crippen LogP contribution in [-0.4, -0.2) is 13.2 Å². The van der Waals surface area contributed by atoms with Gasteiger partial charge in [-0.05, 0) is 58.7 Å². The molecule has 8 heteroatoms. The van der Waals surface area contributed by atoms with Gasteiger partial charge in [0, 0.05) is 24.3 Å². The third kappa shape index (κ3) is 10.6. The number of ether oxygens (including phenoxy) is 2. The first kappa shape index (κ1) is 35.5. The summed E-state index contributed by atoms with van der Waals surface area (Å²) in [7, 11) is 0. The second kappa shape index (κ2) is 18.7. The van der Waals surface area contributed by atoms with Crippen LogP contribution in [0, 0.1) is 22.7 Å². The van der Waals surface area contributed by atoms with Crippen LogP contribution in [0.15, 0.2) is 134 Å². The molecule has 0 aliphatic heterocycles. The number of rotatable bonds is 12. The van der Waals surface area contributed by atoms with Gasteiger partial charge in [0.2, 0.25) is 0 Å². The van der Waals surface area contributed by atoms with Crippen molar-refractivity contribution in [1.29, 1.82) is 10.5 Å². The summed E-state index contributed by atoms with van der Waals surface area (Å²) >= 11 is 0. The van der Waals surface area contributed by atoms with Gasteiger partial charge in [-0.1, -0.05) is 60.7 Å². The van der Waals surface area contributed by atoms with Crippen LogP contribution in [0.5, 0.6) is 11.5 Å². The fourth-order valence-electron chi connectivity index (χ4n) is 4.55. The van der Waals surface area contributed by atoms with Crippen molar-refractivity contribution >= 4 is 23.3 Å². The van der Waals surface area contributed by atoms with E-state index in [0.717, 1.165) is 46.8 Å². The number of allylic oxidation sites excluding steroid dienone is 2. The van der Waals surface area contributed by atoms with E-state index < -0.39 is 0 Å². The van der Waals surface area contributed by atoms with Crippen LogP contribution in [-0.2, 0) is 13.1 Å². The van der Waals surface area contributed by atoms with Crippen LogP contribution < -0.4 is 52.6 Å². The zero-order valence-corrected chi connectivity index (χ0v) is 28.2. The fraction of sp³-hybridized carbons (Fsp3) is 0.105. The van der Waals surface area contributed by atoms with Crippen LogP contribution in [0.4, 0.5) is 0 Å². The lowest BCUT2D eigenvalue weighted by Crippen LogP contribution is -3.00. The van der Waals surface area contributed by atoms with Gasteiger partial charge in [0.05, 0.1) is 23.3 Å². The Hall–Kier alpha value is -5.02. The second-order valence-electron chi connectivity index (χ2n) is 9.98. The number of pyridine rings is 2. The molecule has 0 saturated carbocycles. The lowest BCUT2D eigenvalue weighted by molar-refractivity contribution is -0.697. The lowest BCUT2D eigenvalue weighted by atomic mass is 9.99. The second-order valence-corrected chi connectivity index (χ2v) is 9.98. The van der Waals surface area contributed by atoms with Gasteiger partial charge >= 0.3 is 0 Å². The van der Waals surface area contributed by atoms with Crippen molar-refractivity contribution in [3.05, 3.63) is 156 Å². The van der Waals surface area contributed by atoms with Crippen LogP contribution in [0.2, 0.25) is 0 Å². The van der Waals surface area contributed by atoms with Gasteiger partial charge in [-0.3, -0.25) is 0 Å². The molecule has 0 spiro atoms. The Morgan fingerprint density at radius 3 is 1.20 bits per heavy atom. The third-order valence-electron chi connectivity index (χ3n) is 6.92. The molecule has 0 bridgehead atoms. The van der Waals surface area contributed by atoms with Crippen molar-refractivity contribution in [2.24, 2.45) is 0 Å². The van der Waals surface area contributed by atoms with E-state index in [2.05, 4.69) is 21.3 Å². The summed E-state index contributed by atoms with van der Waals surface area (Å²) in [6, 6.07) is 39.4. The third-order valence-corrected chi connectivity index (χ3v) is 6.92. The number of aromatic nitrogens is 2. The topological polar surface area (TPSA) is 73.8 Å². The molecule has 230 valence electrons. The van der Waals surface area contributed by atoms with Gasteiger partial charge in [-0.25, -0.2) is 9.13 Å². The van der Waals surface area contributed by atoms with Gasteiger partial charge < -0.3 is 43.4 Å². The van der Waals surface area contributed by atoms with Crippen molar-refractivity contribution in [3.63, 3.8) is 0 Å². The zero-order chi connectivity index (χ0) is 30.4. The Balaban J connectivity index is 0.00000288. The summed E-state index contributed by atoms with van der Waals surface area (Å²) in [5, 5.41) is 19.7. The monoisotopic (exact) mass is 734 g/mol. The summed E-state index contributed by atoms with van der Waals surface area (Å²) in [4.78, 5) is 0. The van der Waals surface area contributed by atoms with E-state index in [1.54, 1.807) is 0 Å². The van der Waals surface area contributed by atoms with Crippen LogP contribution in [0.3, 0.4) is 0 Å². The molecule has 0 radical (unpaired) electrons. The standard InChI is InChI=1S/C38H32N4O2.2BrH/c39-29-35(27-31-7-15-37(16-8-31)43-25-23-41-19-3-1-4-20-41)33-11-13-34(14-12-33)36(30-40)28-32-9-17-38(18-10-32)44-26-24-42-21-5-2-6-22-42;;/h1-22,27-28H,23-26H2;2*1H/q+2;;/p-2/b35-27+,36-28+;;. The molecule has 0 unspecified atom stereocenters. The number of nitrogens with zero attached hydrogens (tertiary/aromatic N) is 4. The van der Waals surface area contributed by atoms with E-state index in [1.807, 2.05) is 146 Å². The summed E-state index contributed by atoms with van der Waals surface area (Å²) in [6.07, 6.45) is 11.7. The molecule has 0 atom stereocenters. The Kier molecular flexibility index (Phi) is 14.4. The van der Waals surface area contributed by atoms with E-state index in [-0.39, 0.29) is 34.0 Å². The van der Waals surface area contributed by atoms with Gasteiger partial charge in [0.1, 0.15) is 24.7 Å². The van der Waals surface area contributed by atoms with E-state index in [9.17, 15) is 10.5 Å². The predicted molar refractivity (Wildman–Crippen MR) is 171 cm³/mol. The van der Waals surface area contributed by atoms with Crippen LogP contribution in [0.1, 0.15) is 22.3 Å². The molecule has 0 fully saturated rings. The molecule has 3 aromatic carbocycles. The Labute approximate surface area is 291 Å². The molecular weight excluding hydrogens is 704 g/mol. The van der Waals surface area contributed by atoms with Crippen LogP contribution in [0.25, 0.3) is 23.3 Å². The fourth-order valence-corrected chi connectivity index (χ4v) is 4.55. The van der Waals surface area contributed by atoms with Crippen molar-refractivity contribution in [2.45, 2.75) is 13.1 Å². The maximum absolute atomic E-state index is 9.85. The first-order chi connectivity index (χ1) is 21.7. The van der Waals surface area contributed by atoms with Crippen molar-refractivity contribution in [3.8, 4) is 23.6 Å². The molecular formula is C38H32Br2N4O2. The number of halogens is 2. The van der Waals surface area contributed by atoms with Gasteiger partial charge in [0.25, 0.3) is 0 Å². The van der Waals surface area contributed by atoms with Gasteiger partial charge in [0.15, 0.2) is 37.9 Å². The molecule has 6 nitrogen and oxygen atoms in total. The molecule has 0 amide bonds. The quantitative estimate of drug-likeness (QED) is 0.107. The van der Waals surface area contributed by atoms with Gasteiger partial charge in [-0.2, -0.15) is 10.5 Å². The molecule has 0 aliphatic carbocycles. The molecule has 5 aromatic rings. The maximum atomic E-state index is 9.85. The van der Waals surface area contributed by atoms with Gasteiger partial charge in [-0.15, -0.1) is 0 Å². The first-order valence-corrected chi connectivity index (χ1v) is 14.4. The van der Waals surface area contributed by atoms with E-state index >= 15 is 0 Å². The first-order valence-electron chi connectivity index (χ1n) is 14.4. The Morgan fingerprint density at radius 1 is 0.522 bits per heavy atom. The number of nitriles is 2. The molecule has 2 aromatic heterocycles. The highest BCUT2D eigenvalue weighted by Crippen LogP contribution is 2.24. The smallest absolute Gasteiger partial charge is 0.182 e. The average molecular weight is 737 g/mol. The Morgan fingerprint density at radius 2 is 0.870 bits per heavy atom. The SMILES string of the molecule is N#C/C(=C\c1ccc(OCC[n+]2ccccc2)cc1)c1ccc(/C(C#N)=C/c2ccc(OCC[n+]3ccccc3)cc2)cc1.[Br-].[Br-]. The molecule has 2 heterocycles. The summed E-state index contributed by atoms with van der Waals surface area (Å²) in [5.74, 6) is 1.56. The molecule has 0 saturated heterocycles. The highest BCUT2D eigenvalue weighted by molar-refractivity contribution is 5.92. The highest BCUT2D eigenvalue weighted by atomic mass is 79.9. The van der Waals surface area contributed by atoms with E-state index in [1.165, 1.54) is 0 Å². The molecule has 0 aliphatic rings. The van der Waals surface area contributed by atoms with Crippen molar-refractivity contribution < 1.29 is 52.6 Å². The summed E-state index contributed by atoms with van der Waals surface area (Å²) < 4.78 is 15.9. The van der Waals surface area contributed by atoms with Crippen LogP contribution >= 0.6 is 0 Å². The highest BCUT2D eigenvalue weighted by Gasteiger charge is 2.07. The number of hydrogen-bond acceptors (Lipinski definition) is 4. The molecule has 0 N–H and O–H groups in total. The largest absolute Gasteiger partial charge is 1.00 e. The van der Waals surface area contributed by atoms with E-state index in [4.69, 9.17) is 9.47 Å². The average Bonchev–Trinajstić information content (AvgIpc) is 3.08. The normalized spacial score (nSPS) is 10.8. The van der Waals surface area contributed by atoms with Crippen molar-refractivity contribution in [2.75, 3.05) is 13.2 Å². The van der Waals surface area contributed by atoms with Crippen molar-refractivity contribution in [1.82, 2.24) is 0 Å². The lowest BCUT2D eigenvalue weighted by Gasteiger charge is -2.06. The molecule has 46 heavy (non-hydrogen) atoms. The number of hydrogen-bond donors (Lipinski definition) is 0. The maximum Gasteiger partial charge on any atom is 0.182 e. The minimum absolute atomic E-state index is 0.